The van der Waals surface area contributed by atoms with Crippen LogP contribution >= 0.6 is 0 Å². The van der Waals surface area contributed by atoms with Gasteiger partial charge < -0.3 is 14.4 Å². The standard InChI is InChI=1S/C28H26N2O3/c1-32-22-12-13-24-26(17-22)29-25(21-10-6-3-7-11-21)18-27(24)33-23-14-15-30(19-23)28(31)16-20-8-4-2-5-9-20/h2-13,17-18,23H,14-16,19H2,1H3. The Labute approximate surface area is 193 Å². The SMILES string of the molecule is COc1ccc2c(OC3CCN(C(=O)Cc4ccccc4)C3)cc(-c3ccccc3)nc2c1. The van der Waals surface area contributed by atoms with E-state index >= 15 is 0 Å². The highest BCUT2D eigenvalue weighted by molar-refractivity contribution is 5.89. The lowest BCUT2D eigenvalue weighted by atomic mass is 10.1. The number of methoxy groups -OCH3 is 1. The Morgan fingerprint density at radius 3 is 2.52 bits per heavy atom. The summed E-state index contributed by atoms with van der Waals surface area (Å²) in [5, 5.41) is 0.935. The van der Waals surface area contributed by atoms with E-state index < -0.39 is 0 Å². The number of hydrogen-bond donors (Lipinski definition) is 0. The summed E-state index contributed by atoms with van der Waals surface area (Å²) in [5.74, 6) is 1.68. The molecule has 1 aliphatic heterocycles. The quantitative estimate of drug-likeness (QED) is 0.419. The highest BCUT2D eigenvalue weighted by atomic mass is 16.5. The monoisotopic (exact) mass is 438 g/mol. The normalized spacial score (nSPS) is 15.5. The molecule has 1 aliphatic rings. The van der Waals surface area contributed by atoms with Crippen molar-refractivity contribution >= 4 is 16.8 Å². The minimum atomic E-state index is -0.0546. The summed E-state index contributed by atoms with van der Waals surface area (Å²) in [6.45, 7) is 1.30. The van der Waals surface area contributed by atoms with E-state index in [2.05, 4.69) is 0 Å². The number of likely N-dealkylation sites (tertiary alicyclic amines) is 1. The number of ether oxygens (including phenoxy) is 2. The average molecular weight is 439 g/mol. The molecule has 0 spiro atoms. The Morgan fingerprint density at radius 1 is 1.00 bits per heavy atom. The van der Waals surface area contributed by atoms with Crippen molar-refractivity contribution < 1.29 is 14.3 Å². The van der Waals surface area contributed by atoms with Gasteiger partial charge in [-0.15, -0.1) is 0 Å². The average Bonchev–Trinajstić information content (AvgIpc) is 3.33. The van der Waals surface area contributed by atoms with Gasteiger partial charge >= 0.3 is 0 Å². The summed E-state index contributed by atoms with van der Waals surface area (Å²) >= 11 is 0. The first-order chi connectivity index (χ1) is 16.2. The minimum Gasteiger partial charge on any atom is -0.497 e. The summed E-state index contributed by atoms with van der Waals surface area (Å²) in [6, 6.07) is 27.8. The lowest BCUT2D eigenvalue weighted by Crippen LogP contribution is -2.32. The smallest absolute Gasteiger partial charge is 0.227 e. The van der Waals surface area contributed by atoms with Crippen molar-refractivity contribution in [3.8, 4) is 22.8 Å². The second-order valence-corrected chi connectivity index (χ2v) is 8.29. The number of fused-ring (bicyclic) bond motifs is 1. The molecule has 5 heteroatoms. The molecule has 0 N–H and O–H groups in total. The second-order valence-electron chi connectivity index (χ2n) is 8.29. The maximum atomic E-state index is 12.8. The third kappa shape index (κ3) is 4.67. The van der Waals surface area contributed by atoms with E-state index in [0.717, 1.165) is 45.6 Å². The highest BCUT2D eigenvalue weighted by Gasteiger charge is 2.28. The molecular formula is C28H26N2O3. The molecule has 3 aromatic carbocycles. The maximum Gasteiger partial charge on any atom is 0.227 e. The van der Waals surface area contributed by atoms with Crippen LogP contribution in [0.2, 0.25) is 0 Å². The van der Waals surface area contributed by atoms with Crippen molar-refractivity contribution in [2.75, 3.05) is 20.2 Å². The summed E-state index contributed by atoms with van der Waals surface area (Å²) in [6.07, 6.45) is 1.17. The molecule has 4 aromatic rings. The van der Waals surface area contributed by atoms with Crippen molar-refractivity contribution in [1.82, 2.24) is 9.88 Å². The highest BCUT2D eigenvalue weighted by Crippen LogP contribution is 2.33. The van der Waals surface area contributed by atoms with Crippen molar-refractivity contribution in [3.05, 3.63) is 90.5 Å². The molecule has 0 aliphatic carbocycles. The van der Waals surface area contributed by atoms with Crippen LogP contribution in [0, 0.1) is 0 Å². The van der Waals surface area contributed by atoms with Gasteiger partial charge in [-0.2, -0.15) is 0 Å². The van der Waals surface area contributed by atoms with Crippen LogP contribution in [0.1, 0.15) is 12.0 Å². The van der Waals surface area contributed by atoms with Crippen LogP contribution in [0.15, 0.2) is 84.9 Å². The first-order valence-electron chi connectivity index (χ1n) is 11.2. The van der Waals surface area contributed by atoms with E-state index in [1.165, 1.54) is 0 Å². The van der Waals surface area contributed by atoms with Crippen LogP contribution in [-0.4, -0.2) is 42.1 Å². The lowest BCUT2D eigenvalue weighted by Gasteiger charge is -2.19. The maximum absolute atomic E-state index is 12.8. The molecule has 166 valence electrons. The molecule has 5 nitrogen and oxygen atoms in total. The van der Waals surface area contributed by atoms with Gasteiger partial charge in [0.2, 0.25) is 5.91 Å². The first kappa shape index (κ1) is 21.0. The molecule has 0 bridgehead atoms. The van der Waals surface area contributed by atoms with Gasteiger partial charge in [-0.25, -0.2) is 4.98 Å². The Balaban J connectivity index is 1.38. The van der Waals surface area contributed by atoms with Gasteiger partial charge in [0.1, 0.15) is 17.6 Å². The third-order valence-corrected chi connectivity index (χ3v) is 6.04. The molecule has 2 heterocycles. The molecule has 1 atom stereocenters. The zero-order chi connectivity index (χ0) is 22.6. The van der Waals surface area contributed by atoms with Gasteiger partial charge in [-0.05, 0) is 17.7 Å². The van der Waals surface area contributed by atoms with Crippen molar-refractivity contribution in [3.63, 3.8) is 0 Å². The number of nitrogens with zero attached hydrogens (tertiary/aromatic N) is 2. The summed E-state index contributed by atoms with van der Waals surface area (Å²) < 4.78 is 11.9. The van der Waals surface area contributed by atoms with Crippen molar-refractivity contribution in [2.24, 2.45) is 0 Å². The fourth-order valence-corrected chi connectivity index (χ4v) is 4.27. The molecule has 1 aromatic heterocycles. The fourth-order valence-electron chi connectivity index (χ4n) is 4.27. The summed E-state index contributed by atoms with van der Waals surface area (Å²) in [5.41, 5.74) is 3.73. The van der Waals surface area contributed by atoms with Crippen LogP contribution in [0.3, 0.4) is 0 Å². The topological polar surface area (TPSA) is 51.7 Å². The zero-order valence-electron chi connectivity index (χ0n) is 18.6. The zero-order valence-corrected chi connectivity index (χ0v) is 18.6. The molecule has 5 rings (SSSR count). The number of rotatable bonds is 6. The van der Waals surface area contributed by atoms with E-state index in [0.29, 0.717) is 19.5 Å². The van der Waals surface area contributed by atoms with Gasteiger partial charge in [0.25, 0.3) is 0 Å². The largest absolute Gasteiger partial charge is 0.497 e. The summed E-state index contributed by atoms with van der Waals surface area (Å²) in [4.78, 5) is 19.5. The van der Waals surface area contributed by atoms with E-state index in [1.54, 1.807) is 7.11 Å². The number of carbonyl (C=O) groups is 1. The number of aromatic nitrogens is 1. The van der Waals surface area contributed by atoms with E-state index in [1.807, 2.05) is 89.8 Å². The Kier molecular flexibility index (Phi) is 5.94. The molecular weight excluding hydrogens is 412 g/mol. The molecule has 1 unspecified atom stereocenters. The van der Waals surface area contributed by atoms with Crippen LogP contribution in [0.4, 0.5) is 0 Å². The van der Waals surface area contributed by atoms with Crippen LogP contribution in [0.5, 0.6) is 11.5 Å². The minimum absolute atomic E-state index is 0.0546. The predicted molar refractivity (Wildman–Crippen MR) is 129 cm³/mol. The number of hydrogen-bond acceptors (Lipinski definition) is 4. The van der Waals surface area contributed by atoms with Crippen LogP contribution in [-0.2, 0) is 11.2 Å². The Bertz CT molecular complexity index is 1260. The number of pyridine rings is 1. The first-order valence-corrected chi connectivity index (χ1v) is 11.2. The second kappa shape index (κ2) is 9.33. The Morgan fingerprint density at radius 2 is 1.76 bits per heavy atom. The Hall–Kier alpha value is -3.86. The van der Waals surface area contributed by atoms with Crippen LogP contribution in [0.25, 0.3) is 22.2 Å². The van der Waals surface area contributed by atoms with Crippen molar-refractivity contribution in [2.45, 2.75) is 18.9 Å². The van der Waals surface area contributed by atoms with Gasteiger partial charge in [0, 0.05) is 36.0 Å². The van der Waals surface area contributed by atoms with Gasteiger partial charge in [-0.3, -0.25) is 4.79 Å². The fraction of sp³-hybridized carbons (Fsp3) is 0.214. The van der Waals surface area contributed by atoms with E-state index in [-0.39, 0.29) is 12.0 Å². The predicted octanol–water partition coefficient (Wildman–Crippen LogP) is 5.13. The number of amides is 1. The molecule has 0 saturated carbocycles. The van der Waals surface area contributed by atoms with E-state index in [4.69, 9.17) is 14.5 Å². The van der Waals surface area contributed by atoms with Crippen molar-refractivity contribution in [1.29, 1.82) is 0 Å². The molecule has 1 fully saturated rings. The molecule has 33 heavy (non-hydrogen) atoms. The third-order valence-electron chi connectivity index (χ3n) is 6.04. The molecule has 1 saturated heterocycles. The van der Waals surface area contributed by atoms with Gasteiger partial charge in [0.05, 0.1) is 31.3 Å². The number of carbonyl (C=O) groups excluding carboxylic acids is 1. The summed E-state index contributed by atoms with van der Waals surface area (Å²) in [7, 11) is 1.65. The number of benzene rings is 3. The van der Waals surface area contributed by atoms with Gasteiger partial charge in [-0.1, -0.05) is 60.7 Å². The molecule has 0 radical (unpaired) electrons. The van der Waals surface area contributed by atoms with Gasteiger partial charge in [0.15, 0.2) is 0 Å². The molecule has 1 amide bonds. The lowest BCUT2D eigenvalue weighted by molar-refractivity contribution is -0.129. The van der Waals surface area contributed by atoms with Crippen LogP contribution < -0.4 is 9.47 Å². The van der Waals surface area contributed by atoms with E-state index in [9.17, 15) is 4.79 Å².